The second kappa shape index (κ2) is 6.91. The molecule has 0 spiro atoms. The van der Waals surface area contributed by atoms with Gasteiger partial charge in [0.15, 0.2) is 0 Å². The molecule has 1 saturated carbocycles. The molecular weight excluding hydrogens is 224 g/mol. The van der Waals surface area contributed by atoms with Gasteiger partial charge >= 0.3 is 0 Å². The van der Waals surface area contributed by atoms with E-state index in [1.54, 1.807) is 0 Å². The second-order valence-electron chi connectivity index (χ2n) is 6.77. The van der Waals surface area contributed by atoms with Crippen LogP contribution in [0.1, 0.15) is 59.8 Å². The average molecular weight is 256 g/mol. The van der Waals surface area contributed by atoms with Crippen molar-refractivity contribution in [1.82, 2.24) is 0 Å². The van der Waals surface area contributed by atoms with Gasteiger partial charge in [0, 0.05) is 20.1 Å². The van der Waals surface area contributed by atoms with Crippen molar-refractivity contribution < 1.29 is 9.47 Å². The Balaban J connectivity index is 2.93. The van der Waals surface area contributed by atoms with E-state index in [9.17, 15) is 0 Å². The van der Waals surface area contributed by atoms with Crippen molar-refractivity contribution in [3.8, 4) is 0 Å². The molecule has 0 heterocycles. The van der Waals surface area contributed by atoms with Crippen molar-refractivity contribution in [2.24, 2.45) is 17.8 Å². The first kappa shape index (κ1) is 16.0. The lowest BCUT2D eigenvalue weighted by Gasteiger charge is -2.48. The first-order chi connectivity index (χ1) is 8.45. The topological polar surface area (TPSA) is 18.5 Å². The summed E-state index contributed by atoms with van der Waals surface area (Å²) in [7, 11) is 3.76. The normalized spacial score (nSPS) is 33.3. The van der Waals surface area contributed by atoms with Gasteiger partial charge in [0.1, 0.15) is 0 Å². The van der Waals surface area contributed by atoms with Crippen LogP contribution in [0.2, 0.25) is 0 Å². The van der Waals surface area contributed by atoms with Crippen molar-refractivity contribution in [3.63, 3.8) is 0 Å². The molecule has 3 unspecified atom stereocenters. The lowest BCUT2D eigenvalue weighted by atomic mass is 9.67. The highest BCUT2D eigenvalue weighted by molar-refractivity contribution is 4.97. The van der Waals surface area contributed by atoms with E-state index in [1.165, 1.54) is 25.7 Å². The lowest BCUT2D eigenvalue weighted by Crippen LogP contribution is -2.51. The molecule has 1 aliphatic rings. The van der Waals surface area contributed by atoms with Crippen LogP contribution in [0.4, 0.5) is 0 Å². The van der Waals surface area contributed by atoms with E-state index < -0.39 is 0 Å². The molecule has 0 amide bonds. The Bertz CT molecular complexity index is 237. The van der Waals surface area contributed by atoms with Gasteiger partial charge in [-0.1, -0.05) is 27.7 Å². The molecule has 0 saturated heterocycles. The number of hydrogen-bond acceptors (Lipinski definition) is 2. The van der Waals surface area contributed by atoms with Gasteiger partial charge in [-0.05, 0) is 43.9 Å². The van der Waals surface area contributed by atoms with Crippen LogP contribution in [-0.2, 0) is 9.47 Å². The van der Waals surface area contributed by atoms with Crippen LogP contribution in [0.15, 0.2) is 0 Å². The SMILES string of the molecule is COC1CCCC(CC(C)C)(OC)C1CC(C)C. The fourth-order valence-corrected chi connectivity index (χ4v) is 3.77. The summed E-state index contributed by atoms with van der Waals surface area (Å²) in [6, 6.07) is 0. The van der Waals surface area contributed by atoms with Crippen LogP contribution in [0.5, 0.6) is 0 Å². The molecule has 0 radical (unpaired) electrons. The van der Waals surface area contributed by atoms with Crippen molar-refractivity contribution >= 4 is 0 Å². The van der Waals surface area contributed by atoms with Gasteiger partial charge in [-0.25, -0.2) is 0 Å². The fourth-order valence-electron chi connectivity index (χ4n) is 3.77. The monoisotopic (exact) mass is 256 g/mol. The first-order valence-electron chi connectivity index (χ1n) is 7.53. The van der Waals surface area contributed by atoms with Crippen molar-refractivity contribution in [3.05, 3.63) is 0 Å². The third-order valence-electron chi connectivity index (χ3n) is 4.40. The maximum Gasteiger partial charge on any atom is 0.0734 e. The minimum absolute atomic E-state index is 0.0391. The molecule has 18 heavy (non-hydrogen) atoms. The molecule has 2 heteroatoms. The highest BCUT2D eigenvalue weighted by Gasteiger charge is 2.46. The molecule has 3 atom stereocenters. The van der Waals surface area contributed by atoms with E-state index in [0.29, 0.717) is 23.9 Å². The van der Waals surface area contributed by atoms with E-state index in [0.717, 1.165) is 6.42 Å². The van der Waals surface area contributed by atoms with Gasteiger partial charge < -0.3 is 9.47 Å². The number of methoxy groups -OCH3 is 2. The summed E-state index contributed by atoms with van der Waals surface area (Å²) in [5, 5.41) is 0. The largest absolute Gasteiger partial charge is 0.381 e. The lowest BCUT2D eigenvalue weighted by molar-refractivity contribution is -0.150. The summed E-state index contributed by atoms with van der Waals surface area (Å²) in [4.78, 5) is 0. The van der Waals surface area contributed by atoms with Gasteiger partial charge in [0.25, 0.3) is 0 Å². The molecule has 0 aliphatic heterocycles. The van der Waals surface area contributed by atoms with Crippen LogP contribution in [-0.4, -0.2) is 25.9 Å². The Hall–Kier alpha value is -0.0800. The predicted molar refractivity (Wildman–Crippen MR) is 76.8 cm³/mol. The molecule has 0 aromatic heterocycles. The van der Waals surface area contributed by atoms with Crippen LogP contribution in [0.3, 0.4) is 0 Å². The quantitative estimate of drug-likeness (QED) is 0.706. The standard InChI is InChI=1S/C16H32O2/c1-12(2)10-14-15(17-5)8-7-9-16(14,18-6)11-13(3)4/h12-15H,7-11H2,1-6H3. The number of rotatable bonds is 6. The summed E-state index contributed by atoms with van der Waals surface area (Å²) >= 11 is 0. The molecule has 1 rings (SSSR count). The summed E-state index contributed by atoms with van der Waals surface area (Å²) in [6.07, 6.45) is 6.35. The van der Waals surface area contributed by atoms with Crippen LogP contribution in [0.25, 0.3) is 0 Å². The highest BCUT2D eigenvalue weighted by Crippen LogP contribution is 2.44. The Morgan fingerprint density at radius 2 is 1.78 bits per heavy atom. The van der Waals surface area contributed by atoms with E-state index in [4.69, 9.17) is 9.47 Å². The van der Waals surface area contributed by atoms with E-state index >= 15 is 0 Å². The molecule has 1 aliphatic carbocycles. The first-order valence-corrected chi connectivity index (χ1v) is 7.53. The van der Waals surface area contributed by atoms with Gasteiger partial charge in [-0.15, -0.1) is 0 Å². The molecular formula is C16H32O2. The molecule has 0 aromatic rings. The molecule has 0 bridgehead atoms. The highest BCUT2D eigenvalue weighted by atomic mass is 16.5. The zero-order valence-corrected chi connectivity index (χ0v) is 13.2. The molecule has 0 N–H and O–H groups in total. The maximum absolute atomic E-state index is 6.06. The van der Waals surface area contributed by atoms with Crippen molar-refractivity contribution in [2.45, 2.75) is 71.5 Å². The summed E-state index contributed by atoms with van der Waals surface area (Å²) in [5.41, 5.74) is 0.0391. The molecule has 1 fully saturated rings. The fraction of sp³-hybridized carbons (Fsp3) is 1.00. The summed E-state index contributed by atoms with van der Waals surface area (Å²) in [6.45, 7) is 9.20. The minimum Gasteiger partial charge on any atom is -0.381 e. The van der Waals surface area contributed by atoms with Crippen molar-refractivity contribution in [1.29, 1.82) is 0 Å². The third-order valence-corrected chi connectivity index (χ3v) is 4.40. The van der Waals surface area contributed by atoms with Gasteiger partial charge in [0.2, 0.25) is 0 Å². The predicted octanol–water partition coefficient (Wildman–Crippen LogP) is 4.28. The Morgan fingerprint density at radius 3 is 2.22 bits per heavy atom. The minimum atomic E-state index is 0.0391. The van der Waals surface area contributed by atoms with Crippen LogP contribution >= 0.6 is 0 Å². The van der Waals surface area contributed by atoms with Gasteiger partial charge in [0.05, 0.1) is 11.7 Å². The van der Waals surface area contributed by atoms with E-state index in [-0.39, 0.29) is 5.60 Å². The molecule has 2 nitrogen and oxygen atoms in total. The Labute approximate surface area is 113 Å². The van der Waals surface area contributed by atoms with Crippen LogP contribution in [0, 0.1) is 17.8 Å². The van der Waals surface area contributed by atoms with Crippen molar-refractivity contribution in [2.75, 3.05) is 14.2 Å². The third kappa shape index (κ3) is 3.71. The second-order valence-corrected chi connectivity index (χ2v) is 6.77. The Kier molecular flexibility index (Phi) is 6.13. The average Bonchev–Trinajstić information content (AvgIpc) is 2.30. The zero-order chi connectivity index (χ0) is 13.8. The smallest absolute Gasteiger partial charge is 0.0734 e. The number of ether oxygens (including phenoxy) is 2. The van der Waals surface area contributed by atoms with Gasteiger partial charge in [-0.3, -0.25) is 0 Å². The van der Waals surface area contributed by atoms with E-state index in [1.807, 2.05) is 14.2 Å². The maximum atomic E-state index is 6.06. The summed E-state index contributed by atoms with van der Waals surface area (Å²) < 4.78 is 11.8. The summed E-state index contributed by atoms with van der Waals surface area (Å²) in [5.74, 6) is 1.92. The Morgan fingerprint density at radius 1 is 1.11 bits per heavy atom. The van der Waals surface area contributed by atoms with Crippen LogP contribution < -0.4 is 0 Å². The van der Waals surface area contributed by atoms with Gasteiger partial charge in [-0.2, -0.15) is 0 Å². The zero-order valence-electron chi connectivity index (χ0n) is 13.2. The number of hydrogen-bond donors (Lipinski definition) is 0. The van der Waals surface area contributed by atoms with E-state index in [2.05, 4.69) is 27.7 Å². The molecule has 108 valence electrons. The molecule has 0 aromatic carbocycles.